The Labute approximate surface area is 150 Å². The molecule has 1 aromatic carbocycles. The fourth-order valence-corrected chi connectivity index (χ4v) is 3.01. The van der Waals surface area contributed by atoms with Crippen molar-refractivity contribution in [1.82, 2.24) is 15.3 Å². The molecule has 3 rings (SSSR count). The van der Waals surface area contributed by atoms with Gasteiger partial charge in [0.25, 0.3) is 0 Å². The van der Waals surface area contributed by atoms with Gasteiger partial charge in [-0.3, -0.25) is 4.79 Å². The number of nitrogens with two attached hydrogens (primary N) is 1. The van der Waals surface area contributed by atoms with Gasteiger partial charge in [0, 0.05) is 16.2 Å². The third-order valence-corrected chi connectivity index (χ3v) is 4.03. The molecule has 0 fully saturated rings. The Balaban J connectivity index is 2.10. The zero-order chi connectivity index (χ0) is 17.3. The number of hydrogen-bond acceptors (Lipinski definition) is 5. The van der Waals surface area contributed by atoms with Crippen molar-refractivity contribution in [1.29, 1.82) is 0 Å². The van der Waals surface area contributed by atoms with Crippen LogP contribution >= 0.6 is 27.5 Å². The summed E-state index contributed by atoms with van der Waals surface area (Å²) < 4.78 is 6.55. The molecule has 8 heteroatoms. The summed E-state index contributed by atoms with van der Waals surface area (Å²) in [6.07, 6.45) is 2.72. The first kappa shape index (κ1) is 16.5. The minimum absolute atomic E-state index is 0.284. The summed E-state index contributed by atoms with van der Waals surface area (Å²) in [4.78, 5) is 20.3. The van der Waals surface area contributed by atoms with Crippen LogP contribution in [0.1, 0.15) is 17.5 Å². The van der Waals surface area contributed by atoms with Gasteiger partial charge in [0.1, 0.15) is 17.4 Å². The Morgan fingerprint density at radius 3 is 2.92 bits per heavy atom. The van der Waals surface area contributed by atoms with Gasteiger partial charge in [-0.2, -0.15) is 0 Å². The fourth-order valence-electron chi connectivity index (χ4n) is 2.18. The van der Waals surface area contributed by atoms with Crippen molar-refractivity contribution in [3.05, 3.63) is 64.1 Å². The number of anilines is 1. The predicted octanol–water partition coefficient (Wildman–Crippen LogP) is 3.61. The van der Waals surface area contributed by atoms with Gasteiger partial charge in [0.05, 0.1) is 5.02 Å². The lowest BCUT2D eigenvalue weighted by molar-refractivity contribution is -0.117. The lowest BCUT2D eigenvalue weighted by Crippen LogP contribution is -2.28. The van der Waals surface area contributed by atoms with Crippen molar-refractivity contribution in [3.63, 3.8) is 0 Å². The molecule has 0 spiro atoms. The Hall–Kier alpha value is -2.38. The fraction of sp³-hybridized carbons (Fsp3) is 0.0625. The number of nitrogens with one attached hydrogen (secondary N) is 1. The highest BCUT2D eigenvalue weighted by Crippen LogP contribution is 2.32. The van der Waals surface area contributed by atoms with Crippen LogP contribution in [0.5, 0.6) is 0 Å². The van der Waals surface area contributed by atoms with Gasteiger partial charge in [-0.15, -0.1) is 0 Å². The van der Waals surface area contributed by atoms with Gasteiger partial charge in [-0.1, -0.05) is 40.2 Å². The average molecular weight is 408 g/mol. The smallest absolute Gasteiger partial charge is 0.244 e. The molecule has 0 saturated heterocycles. The van der Waals surface area contributed by atoms with E-state index in [1.165, 1.54) is 6.08 Å². The minimum atomic E-state index is -0.647. The van der Waals surface area contributed by atoms with Crippen LogP contribution in [0, 0.1) is 0 Å². The van der Waals surface area contributed by atoms with Crippen LogP contribution in [0.25, 0.3) is 11.1 Å². The molecule has 6 nitrogen and oxygen atoms in total. The molecule has 1 unspecified atom stereocenters. The van der Waals surface area contributed by atoms with Crippen molar-refractivity contribution >= 4 is 50.4 Å². The highest BCUT2D eigenvalue weighted by molar-refractivity contribution is 9.10. The summed E-state index contributed by atoms with van der Waals surface area (Å²) in [6.45, 7) is 3.46. The van der Waals surface area contributed by atoms with Gasteiger partial charge >= 0.3 is 0 Å². The second-order valence-corrected chi connectivity index (χ2v) is 6.27. The summed E-state index contributed by atoms with van der Waals surface area (Å²) in [7, 11) is 0. The number of aromatic nitrogens is 2. The number of halogens is 2. The molecule has 1 atom stereocenters. The van der Waals surface area contributed by atoms with Gasteiger partial charge in [-0.25, -0.2) is 9.97 Å². The lowest BCUT2D eigenvalue weighted by atomic mass is 10.1. The molecule has 0 aliphatic carbocycles. The SMILES string of the molecule is C=CC(=O)NC(c1ccc(N)nc1)c1nc2cc(Br)cc(Cl)c2o1. The first-order chi connectivity index (χ1) is 11.5. The third-order valence-electron chi connectivity index (χ3n) is 3.29. The molecule has 24 heavy (non-hydrogen) atoms. The third kappa shape index (κ3) is 3.27. The van der Waals surface area contributed by atoms with E-state index in [1.807, 2.05) is 0 Å². The maximum atomic E-state index is 11.8. The van der Waals surface area contributed by atoms with E-state index >= 15 is 0 Å². The van der Waals surface area contributed by atoms with Crippen molar-refractivity contribution in [3.8, 4) is 0 Å². The molecular weight excluding hydrogens is 396 g/mol. The van der Waals surface area contributed by atoms with Crippen LogP contribution in [0.2, 0.25) is 5.02 Å². The Bertz CT molecular complexity index is 924. The maximum absolute atomic E-state index is 11.8. The summed E-state index contributed by atoms with van der Waals surface area (Å²) in [6, 6.07) is 6.21. The molecule has 0 radical (unpaired) electrons. The number of nitrogens with zero attached hydrogens (tertiary/aromatic N) is 2. The van der Waals surface area contributed by atoms with E-state index in [2.05, 4.69) is 37.8 Å². The molecule has 2 aromatic heterocycles. The summed E-state index contributed by atoms with van der Waals surface area (Å²) >= 11 is 9.54. The highest BCUT2D eigenvalue weighted by atomic mass is 79.9. The van der Waals surface area contributed by atoms with Crippen LogP contribution < -0.4 is 11.1 Å². The molecule has 1 amide bonds. The average Bonchev–Trinajstić information content (AvgIpc) is 2.97. The number of fused-ring (bicyclic) bond motifs is 1. The molecule has 122 valence electrons. The van der Waals surface area contributed by atoms with E-state index in [-0.39, 0.29) is 11.8 Å². The first-order valence-corrected chi connectivity index (χ1v) is 8.05. The van der Waals surface area contributed by atoms with E-state index in [1.54, 1.807) is 30.5 Å². The van der Waals surface area contributed by atoms with Gasteiger partial charge < -0.3 is 15.5 Å². The minimum Gasteiger partial charge on any atom is -0.436 e. The highest BCUT2D eigenvalue weighted by Gasteiger charge is 2.23. The van der Waals surface area contributed by atoms with Crippen LogP contribution in [-0.4, -0.2) is 15.9 Å². The molecule has 0 bridgehead atoms. The zero-order valence-corrected chi connectivity index (χ0v) is 14.6. The van der Waals surface area contributed by atoms with Gasteiger partial charge in [0.15, 0.2) is 5.58 Å². The summed E-state index contributed by atoms with van der Waals surface area (Å²) in [5.74, 6) is 0.287. The molecule has 0 aliphatic rings. The van der Waals surface area contributed by atoms with Gasteiger partial charge in [-0.05, 0) is 24.3 Å². The first-order valence-electron chi connectivity index (χ1n) is 6.88. The zero-order valence-electron chi connectivity index (χ0n) is 12.3. The second-order valence-electron chi connectivity index (χ2n) is 4.95. The van der Waals surface area contributed by atoms with Crippen molar-refractivity contribution in [2.75, 3.05) is 5.73 Å². The van der Waals surface area contributed by atoms with E-state index in [9.17, 15) is 4.79 Å². The van der Waals surface area contributed by atoms with Crippen molar-refractivity contribution < 1.29 is 9.21 Å². The van der Waals surface area contributed by atoms with Crippen molar-refractivity contribution in [2.45, 2.75) is 6.04 Å². The number of oxazole rings is 1. The van der Waals surface area contributed by atoms with Crippen LogP contribution in [0.3, 0.4) is 0 Å². The number of rotatable bonds is 4. The Kier molecular flexibility index (Phi) is 4.55. The summed E-state index contributed by atoms with van der Waals surface area (Å²) in [5, 5.41) is 3.18. The normalized spacial score (nSPS) is 12.1. The lowest BCUT2D eigenvalue weighted by Gasteiger charge is -2.14. The maximum Gasteiger partial charge on any atom is 0.244 e. The van der Waals surface area contributed by atoms with Crippen LogP contribution in [0.15, 0.2) is 52.0 Å². The number of pyridine rings is 1. The number of nitrogen functional groups attached to an aromatic ring is 1. The second kappa shape index (κ2) is 6.62. The molecular formula is C16H12BrClN4O2. The quantitative estimate of drug-likeness (QED) is 0.644. The molecule has 0 aliphatic heterocycles. The monoisotopic (exact) mass is 406 g/mol. The molecule has 2 heterocycles. The topological polar surface area (TPSA) is 94.0 Å². The molecule has 0 saturated carbocycles. The van der Waals surface area contributed by atoms with E-state index in [0.717, 1.165) is 4.47 Å². The Morgan fingerprint density at radius 1 is 1.46 bits per heavy atom. The van der Waals surface area contributed by atoms with E-state index in [0.29, 0.717) is 27.5 Å². The van der Waals surface area contributed by atoms with Crippen LogP contribution in [0.4, 0.5) is 5.82 Å². The van der Waals surface area contributed by atoms with Crippen molar-refractivity contribution in [2.24, 2.45) is 0 Å². The number of amides is 1. The number of carbonyl (C=O) groups excluding carboxylic acids is 1. The van der Waals surface area contributed by atoms with Crippen LogP contribution in [-0.2, 0) is 4.79 Å². The standard InChI is InChI=1S/C16H12BrClN4O2/c1-2-13(23)22-14(8-3-4-12(19)20-7-8)16-21-11-6-9(17)5-10(18)15(11)24-16/h2-7,14H,1H2,(H2,19,20)(H,22,23). The molecule has 3 N–H and O–H groups in total. The number of hydrogen-bond donors (Lipinski definition) is 2. The Morgan fingerprint density at radius 2 is 2.25 bits per heavy atom. The summed E-state index contributed by atoms with van der Waals surface area (Å²) in [5.41, 5.74) is 7.30. The predicted molar refractivity (Wildman–Crippen MR) is 95.6 cm³/mol. The number of benzene rings is 1. The number of carbonyl (C=O) groups is 1. The molecule has 3 aromatic rings. The van der Waals surface area contributed by atoms with Gasteiger partial charge in [0.2, 0.25) is 11.8 Å². The largest absolute Gasteiger partial charge is 0.436 e. The van der Waals surface area contributed by atoms with E-state index in [4.69, 9.17) is 21.8 Å². The van der Waals surface area contributed by atoms with E-state index < -0.39 is 6.04 Å².